The third-order valence-electron chi connectivity index (χ3n) is 20.3. The van der Waals surface area contributed by atoms with Crippen LogP contribution in [0.15, 0.2) is 213 Å². The van der Waals surface area contributed by atoms with Gasteiger partial charge in [-0.25, -0.2) is 43.1 Å². The average molecular weight is 1700 g/mol. The quantitative estimate of drug-likeness (QED) is 0.0352. The van der Waals surface area contributed by atoms with Crippen LogP contribution in [-0.4, -0.2) is 165 Å². The number of rotatable bonds is 20. The molecule has 2 saturated heterocycles. The molecule has 12 heterocycles. The predicted octanol–water partition coefficient (Wildman–Crippen LogP) is 19.6. The van der Waals surface area contributed by atoms with Gasteiger partial charge in [0, 0.05) is 174 Å². The Morgan fingerprint density at radius 1 is 0.425 bits per heavy atom. The van der Waals surface area contributed by atoms with Crippen molar-refractivity contribution in [2.75, 3.05) is 114 Å². The summed E-state index contributed by atoms with van der Waals surface area (Å²) >= 11 is 12.5. The van der Waals surface area contributed by atoms with Crippen molar-refractivity contribution in [1.29, 1.82) is 0 Å². The van der Waals surface area contributed by atoms with E-state index >= 15 is 0 Å². The molecule has 20 rings (SSSR count). The highest BCUT2D eigenvalue weighted by molar-refractivity contribution is 7.10. The molecule has 10 aromatic heterocycles. The Labute approximate surface area is 704 Å². The van der Waals surface area contributed by atoms with Crippen molar-refractivity contribution in [3.05, 3.63) is 247 Å². The standard InChI is InChI=1S/2C25H26N4O3S.C19H11ClFN5S.C19H11F2N5S/c2*1-26-25(30)20-7-3-6-19-21-15-33-16-22(21)24(28-23(19)20)27-17-4-2-5-18(14-17)32-13-10-29-8-11-31-12-9-29;2*20-14-5-2-6-15(21)17(14)25-19-13-8-27-7-12(13)10-3-1-4-11(16(10)24-19)18-22-9-23-26-18/h2*2-7,14-16H,8-13H2,1H3,(H,26,30)(H,27,28);2*1-9H,(H,24,25)(H,22,23,26). The number of hydrogen-bond acceptors (Lipinski definition) is 24. The highest BCUT2D eigenvalue weighted by Gasteiger charge is 2.23. The van der Waals surface area contributed by atoms with Crippen molar-refractivity contribution in [1.82, 2.24) is 70.7 Å². The number of anilines is 8. The van der Waals surface area contributed by atoms with Gasteiger partial charge in [-0.1, -0.05) is 84.4 Å². The number of aromatic amines is 2. The highest BCUT2D eigenvalue weighted by Crippen LogP contribution is 2.43. The van der Waals surface area contributed by atoms with Crippen LogP contribution in [0.25, 0.3) is 109 Å². The summed E-state index contributed by atoms with van der Waals surface area (Å²) in [6.45, 7) is 9.97. The van der Waals surface area contributed by atoms with Crippen molar-refractivity contribution in [3.63, 3.8) is 0 Å². The lowest BCUT2D eigenvalue weighted by molar-refractivity contribution is 0.0322. The van der Waals surface area contributed by atoms with E-state index in [-0.39, 0.29) is 23.2 Å². The number of fused-ring (bicyclic) bond motifs is 12. The van der Waals surface area contributed by atoms with Gasteiger partial charge in [-0.15, -0.1) is 0 Å². The Morgan fingerprint density at radius 3 is 1.18 bits per heavy atom. The van der Waals surface area contributed by atoms with Crippen LogP contribution in [0.4, 0.5) is 59.2 Å². The maximum Gasteiger partial charge on any atom is 0.253 e. The largest absolute Gasteiger partial charge is 0.492 e. The second kappa shape index (κ2) is 36.6. The number of nitrogens with zero attached hydrogens (tertiary/aromatic N) is 10. The van der Waals surface area contributed by atoms with Gasteiger partial charge in [-0.3, -0.25) is 29.6 Å². The normalized spacial score (nSPS) is 13.1. The van der Waals surface area contributed by atoms with Gasteiger partial charge >= 0.3 is 0 Å². The zero-order chi connectivity index (χ0) is 82.0. The number of halogens is 4. The number of pyridine rings is 4. The Balaban J connectivity index is 0.000000115. The number of H-pyrrole nitrogens is 2. The molecule has 2 fully saturated rings. The van der Waals surface area contributed by atoms with E-state index in [9.17, 15) is 22.8 Å². The number of hydrogen-bond donors (Lipinski definition) is 8. The number of amides is 2. The fourth-order valence-corrected chi connectivity index (χ4v) is 17.9. The number of benzene rings is 8. The van der Waals surface area contributed by atoms with Crippen LogP contribution in [0.2, 0.25) is 5.02 Å². The van der Waals surface area contributed by atoms with Gasteiger partial charge < -0.3 is 50.8 Å². The third kappa shape index (κ3) is 17.3. The first kappa shape index (κ1) is 79.6. The number of carbonyl (C=O) groups is 2. The van der Waals surface area contributed by atoms with Crippen LogP contribution in [0.3, 0.4) is 0 Å². The van der Waals surface area contributed by atoms with E-state index in [2.05, 4.69) is 104 Å². The second-order valence-electron chi connectivity index (χ2n) is 27.6. The van der Waals surface area contributed by atoms with Crippen LogP contribution in [0.5, 0.6) is 11.5 Å². The fourth-order valence-electron chi connectivity index (χ4n) is 14.3. The number of aromatic nitrogens is 10. The lowest BCUT2D eigenvalue weighted by Crippen LogP contribution is -2.38. The molecule has 32 heteroatoms. The van der Waals surface area contributed by atoms with Crippen LogP contribution in [0.1, 0.15) is 20.7 Å². The molecule has 8 aromatic carbocycles. The monoisotopic (exact) mass is 1700 g/mol. The van der Waals surface area contributed by atoms with E-state index in [1.807, 2.05) is 125 Å². The third-order valence-corrected chi connectivity index (χ3v) is 23.6. The van der Waals surface area contributed by atoms with Gasteiger partial charge in [0.25, 0.3) is 11.8 Å². The summed E-state index contributed by atoms with van der Waals surface area (Å²) in [5, 5.41) is 60.1. The molecule has 2 amide bonds. The molecule has 0 atom stereocenters. The molecule has 0 bridgehead atoms. The lowest BCUT2D eigenvalue weighted by Gasteiger charge is -2.26. The van der Waals surface area contributed by atoms with Crippen molar-refractivity contribution in [2.45, 2.75) is 0 Å². The van der Waals surface area contributed by atoms with Crippen molar-refractivity contribution >= 4 is 201 Å². The van der Waals surface area contributed by atoms with Gasteiger partial charge in [0.1, 0.15) is 83.8 Å². The number of para-hydroxylation sites is 6. The van der Waals surface area contributed by atoms with Gasteiger partial charge in [-0.05, 0) is 94.3 Å². The molecular formula is C88H74ClF3N18O6S4. The lowest BCUT2D eigenvalue weighted by atomic mass is 10.1. The molecule has 0 spiro atoms. The minimum atomic E-state index is -0.677. The maximum atomic E-state index is 14.3. The van der Waals surface area contributed by atoms with Gasteiger partial charge in [0.05, 0.1) is 70.3 Å². The predicted molar refractivity (Wildman–Crippen MR) is 475 cm³/mol. The first-order chi connectivity index (χ1) is 58.9. The van der Waals surface area contributed by atoms with Crippen molar-refractivity contribution < 1.29 is 41.7 Å². The topological polar surface area (TPSA) is 284 Å². The summed E-state index contributed by atoms with van der Waals surface area (Å²) in [4.78, 5) is 57.2. The van der Waals surface area contributed by atoms with Crippen LogP contribution < -0.4 is 41.4 Å². The maximum absolute atomic E-state index is 14.3. The molecule has 0 aliphatic carbocycles. The number of nitrogens with one attached hydrogen (secondary N) is 8. The van der Waals surface area contributed by atoms with Crippen molar-refractivity contribution in [2.24, 2.45) is 0 Å². The molecule has 24 nitrogen and oxygen atoms in total. The summed E-state index contributed by atoms with van der Waals surface area (Å²) in [7, 11) is 3.27. The van der Waals surface area contributed by atoms with Gasteiger partial charge in [0.2, 0.25) is 0 Å². The van der Waals surface area contributed by atoms with E-state index in [0.717, 1.165) is 181 Å². The molecule has 18 aromatic rings. The van der Waals surface area contributed by atoms with Gasteiger partial charge in [-0.2, -0.15) is 55.5 Å². The molecule has 604 valence electrons. The second-order valence-corrected chi connectivity index (χ2v) is 31.0. The molecule has 8 N–H and O–H groups in total. The van der Waals surface area contributed by atoms with Crippen LogP contribution in [0, 0.1) is 17.5 Å². The average Bonchev–Trinajstić information content (AvgIpc) is 1.42. The number of thiophene rings is 4. The van der Waals surface area contributed by atoms with E-state index < -0.39 is 17.5 Å². The summed E-state index contributed by atoms with van der Waals surface area (Å²) in [6, 6.07) is 47.2. The minimum Gasteiger partial charge on any atom is -0.492 e. The van der Waals surface area contributed by atoms with Crippen molar-refractivity contribution in [3.8, 4) is 34.3 Å². The summed E-state index contributed by atoms with van der Waals surface area (Å²) in [5.74, 6) is 3.10. The molecule has 0 unspecified atom stereocenters. The zero-order valence-electron chi connectivity index (χ0n) is 64.3. The van der Waals surface area contributed by atoms with E-state index in [4.69, 9.17) is 45.5 Å². The number of morpholine rings is 2. The number of ether oxygens (including phenoxy) is 4. The van der Waals surface area contributed by atoms with Crippen LogP contribution in [-0.2, 0) is 9.47 Å². The highest BCUT2D eigenvalue weighted by atomic mass is 35.5. The van der Waals surface area contributed by atoms with E-state index in [1.54, 1.807) is 72.4 Å². The van der Waals surface area contributed by atoms with E-state index in [1.165, 1.54) is 48.3 Å². The molecule has 2 aliphatic rings. The van der Waals surface area contributed by atoms with E-state index in [0.29, 0.717) is 69.2 Å². The van der Waals surface area contributed by atoms with Gasteiger partial charge in [0.15, 0.2) is 11.6 Å². The smallest absolute Gasteiger partial charge is 0.253 e. The first-order valence-electron chi connectivity index (χ1n) is 38.2. The Kier molecular flexibility index (Phi) is 24.3. The molecule has 120 heavy (non-hydrogen) atoms. The minimum absolute atomic E-state index is 0.149. The Morgan fingerprint density at radius 2 is 0.775 bits per heavy atom. The summed E-state index contributed by atoms with van der Waals surface area (Å²) < 4.78 is 65.3. The molecule has 2 aliphatic heterocycles. The Hall–Kier alpha value is -12.8. The first-order valence-corrected chi connectivity index (χ1v) is 42.4. The summed E-state index contributed by atoms with van der Waals surface area (Å²) in [5.41, 5.74) is 7.23. The zero-order valence-corrected chi connectivity index (χ0v) is 68.4. The molecule has 0 saturated carbocycles. The SMILES string of the molecule is CNC(=O)c1cccc2c1nc(Nc1cccc(OCCN3CCOCC3)c1)c1cscc12.CNC(=O)c1cccc2c1nc(Nc1cccc(OCCN3CCOCC3)c1)c1cscc12.Fc1cccc(Cl)c1Nc1nc2c(-c3ncn[nH]3)cccc2c2cscc12.Fc1cccc(F)c1Nc1nc2c(-c3ncn[nH]3)cccc2c2cscc12. The Bertz CT molecular complexity index is 6300. The number of carbonyl (C=O) groups excluding carboxylic acids is 2. The fraction of sp³-hybridized carbons (Fsp3) is 0.159. The molecular weight excluding hydrogens is 1630 g/mol. The van der Waals surface area contributed by atoms with Crippen LogP contribution >= 0.6 is 56.9 Å². The molecule has 0 radical (unpaired) electrons. The summed E-state index contributed by atoms with van der Waals surface area (Å²) in [6.07, 6.45) is 2.88.